The van der Waals surface area contributed by atoms with Crippen LogP contribution >= 0.6 is 15.9 Å². The van der Waals surface area contributed by atoms with Gasteiger partial charge < -0.3 is 15.6 Å². The van der Waals surface area contributed by atoms with Gasteiger partial charge in [0.25, 0.3) is 5.56 Å². The molecule has 0 radical (unpaired) electrons. The van der Waals surface area contributed by atoms with Gasteiger partial charge in [0, 0.05) is 29.7 Å². The molecular formula is C9H10BrN3O2. The van der Waals surface area contributed by atoms with Crippen molar-refractivity contribution in [2.75, 3.05) is 11.4 Å². The molecule has 1 aliphatic heterocycles. The van der Waals surface area contributed by atoms with Gasteiger partial charge in [0.15, 0.2) is 0 Å². The van der Waals surface area contributed by atoms with Crippen molar-refractivity contribution in [3.8, 4) is 0 Å². The van der Waals surface area contributed by atoms with Crippen LogP contribution in [0.25, 0.3) is 0 Å². The number of rotatable bonds is 1. The van der Waals surface area contributed by atoms with Crippen LogP contribution in [0.3, 0.4) is 0 Å². The average molecular weight is 272 g/mol. The maximum absolute atomic E-state index is 11.5. The highest BCUT2D eigenvalue weighted by atomic mass is 79.9. The normalized spacial score (nSPS) is 21.1. The van der Waals surface area contributed by atoms with E-state index < -0.39 is 0 Å². The molecule has 5 nitrogen and oxygen atoms in total. The number of nitrogens with two attached hydrogens (primary N) is 1. The molecule has 2 rings (SSSR count). The number of carbonyl (C=O) groups is 1. The van der Waals surface area contributed by atoms with Crippen LogP contribution in [0.4, 0.5) is 5.69 Å². The Morgan fingerprint density at radius 3 is 2.87 bits per heavy atom. The number of halogens is 1. The fourth-order valence-electron chi connectivity index (χ4n) is 1.61. The van der Waals surface area contributed by atoms with Gasteiger partial charge in [-0.3, -0.25) is 9.59 Å². The summed E-state index contributed by atoms with van der Waals surface area (Å²) in [7, 11) is 0. The summed E-state index contributed by atoms with van der Waals surface area (Å²) in [6.07, 6.45) is 1.83. The number of pyridine rings is 1. The largest absolute Gasteiger partial charge is 0.326 e. The number of anilines is 1. The van der Waals surface area contributed by atoms with Gasteiger partial charge in [-0.2, -0.15) is 0 Å². The van der Waals surface area contributed by atoms with E-state index >= 15 is 0 Å². The predicted octanol–water partition coefficient (Wildman–Crippen LogP) is 0.201. The number of amides is 1. The minimum Gasteiger partial charge on any atom is -0.326 e. The summed E-state index contributed by atoms with van der Waals surface area (Å²) in [5.41, 5.74) is 5.73. The van der Waals surface area contributed by atoms with Gasteiger partial charge in [-0.05, 0) is 22.0 Å². The Kier molecular flexibility index (Phi) is 2.62. The molecule has 1 aromatic heterocycles. The number of hydrogen-bond acceptors (Lipinski definition) is 3. The molecule has 15 heavy (non-hydrogen) atoms. The second-order valence-electron chi connectivity index (χ2n) is 3.50. The van der Waals surface area contributed by atoms with Crippen LogP contribution in [0.1, 0.15) is 6.42 Å². The smallest absolute Gasteiger partial charge is 0.271 e. The number of nitrogens with zero attached hydrogens (tertiary/aromatic N) is 1. The van der Waals surface area contributed by atoms with Crippen molar-refractivity contribution < 1.29 is 4.79 Å². The molecule has 1 aromatic rings. The molecular weight excluding hydrogens is 262 g/mol. The van der Waals surface area contributed by atoms with Crippen molar-refractivity contribution in [2.24, 2.45) is 5.73 Å². The molecule has 80 valence electrons. The number of hydrogen-bond donors (Lipinski definition) is 2. The van der Waals surface area contributed by atoms with E-state index in [0.29, 0.717) is 18.7 Å². The third-order valence-electron chi connectivity index (χ3n) is 2.29. The number of aromatic amines is 1. The molecule has 0 bridgehead atoms. The molecule has 0 aromatic carbocycles. The maximum atomic E-state index is 11.5. The topological polar surface area (TPSA) is 79.2 Å². The summed E-state index contributed by atoms with van der Waals surface area (Å²) in [5, 5.41) is 0. The maximum Gasteiger partial charge on any atom is 0.271 e. The van der Waals surface area contributed by atoms with E-state index in [1.807, 2.05) is 0 Å². The molecule has 3 N–H and O–H groups in total. The monoisotopic (exact) mass is 271 g/mol. The Balaban J connectivity index is 2.41. The molecule has 1 aliphatic rings. The van der Waals surface area contributed by atoms with E-state index in [4.69, 9.17) is 5.73 Å². The lowest BCUT2D eigenvalue weighted by atomic mass is 10.3. The predicted molar refractivity (Wildman–Crippen MR) is 59.7 cm³/mol. The minimum absolute atomic E-state index is 0.105. The van der Waals surface area contributed by atoms with Gasteiger partial charge >= 0.3 is 0 Å². The lowest BCUT2D eigenvalue weighted by Gasteiger charge is -2.14. The van der Waals surface area contributed by atoms with Crippen LogP contribution in [0.5, 0.6) is 0 Å². The van der Waals surface area contributed by atoms with E-state index in [2.05, 4.69) is 20.9 Å². The van der Waals surface area contributed by atoms with Gasteiger partial charge in [0.2, 0.25) is 5.91 Å². The Morgan fingerprint density at radius 1 is 1.53 bits per heavy atom. The summed E-state index contributed by atoms with van der Waals surface area (Å²) in [5.74, 6) is -0.105. The molecule has 1 saturated heterocycles. The average Bonchev–Trinajstić information content (AvgIpc) is 2.50. The van der Waals surface area contributed by atoms with Crippen molar-refractivity contribution in [3.05, 3.63) is 27.1 Å². The first-order valence-electron chi connectivity index (χ1n) is 4.52. The zero-order chi connectivity index (χ0) is 11.0. The highest BCUT2D eigenvalue weighted by Crippen LogP contribution is 2.19. The van der Waals surface area contributed by atoms with Crippen molar-refractivity contribution in [1.82, 2.24) is 4.98 Å². The van der Waals surface area contributed by atoms with Crippen LogP contribution in [-0.2, 0) is 4.79 Å². The highest BCUT2D eigenvalue weighted by Gasteiger charge is 2.29. The first kappa shape index (κ1) is 10.4. The number of carbonyl (C=O) groups excluding carboxylic acids is 1. The Hall–Kier alpha value is -1.14. The van der Waals surface area contributed by atoms with Gasteiger partial charge in [0.1, 0.15) is 5.69 Å². The fraction of sp³-hybridized carbons (Fsp3) is 0.333. The summed E-state index contributed by atoms with van der Waals surface area (Å²) in [6.45, 7) is 0.401. The van der Waals surface area contributed by atoms with Crippen molar-refractivity contribution in [1.29, 1.82) is 0 Å². The van der Waals surface area contributed by atoms with Gasteiger partial charge in [-0.25, -0.2) is 0 Å². The molecule has 2 heterocycles. The Morgan fingerprint density at radius 2 is 2.27 bits per heavy atom. The lowest BCUT2D eigenvalue weighted by Crippen LogP contribution is -2.32. The molecule has 0 spiro atoms. The molecule has 1 atom stereocenters. The minimum atomic E-state index is -0.277. The number of nitrogens with one attached hydrogen (secondary N) is 1. The Bertz CT molecular complexity index is 457. The van der Waals surface area contributed by atoms with Crippen LogP contribution in [-0.4, -0.2) is 23.5 Å². The van der Waals surface area contributed by atoms with Gasteiger partial charge in [0.05, 0.1) is 0 Å². The third kappa shape index (κ3) is 1.95. The molecule has 1 unspecified atom stereocenters. The van der Waals surface area contributed by atoms with Crippen LogP contribution < -0.4 is 16.2 Å². The van der Waals surface area contributed by atoms with Crippen molar-refractivity contribution in [2.45, 2.75) is 12.5 Å². The standard InChI is InChI=1S/C9H10BrN3O2/c10-5-1-7(9(15)12-3-5)13-4-6(11)2-8(13)14/h1,3,6H,2,4,11H2,(H,12,15). The third-order valence-corrected chi connectivity index (χ3v) is 2.75. The second-order valence-corrected chi connectivity index (χ2v) is 4.42. The summed E-state index contributed by atoms with van der Waals surface area (Å²) in [6, 6.07) is 1.44. The van der Waals surface area contributed by atoms with Gasteiger partial charge in [-0.1, -0.05) is 0 Å². The van der Waals surface area contributed by atoms with Crippen LogP contribution in [0, 0.1) is 0 Å². The summed E-state index contributed by atoms with van der Waals surface area (Å²) < 4.78 is 0.727. The van der Waals surface area contributed by atoms with E-state index in [9.17, 15) is 9.59 Å². The van der Waals surface area contributed by atoms with E-state index in [1.54, 1.807) is 6.07 Å². The Labute approximate surface area is 94.4 Å². The van der Waals surface area contributed by atoms with Gasteiger partial charge in [-0.15, -0.1) is 0 Å². The number of H-pyrrole nitrogens is 1. The quantitative estimate of drug-likeness (QED) is 0.766. The SMILES string of the molecule is NC1CC(=O)N(c2cc(Br)c[nH]c2=O)C1. The van der Waals surface area contributed by atoms with Crippen molar-refractivity contribution in [3.63, 3.8) is 0 Å². The molecule has 1 fully saturated rings. The fourth-order valence-corrected chi connectivity index (χ4v) is 1.95. The van der Waals surface area contributed by atoms with E-state index in [0.717, 1.165) is 4.47 Å². The number of aromatic nitrogens is 1. The highest BCUT2D eigenvalue weighted by molar-refractivity contribution is 9.10. The first-order chi connectivity index (χ1) is 7.08. The summed E-state index contributed by atoms with van der Waals surface area (Å²) in [4.78, 5) is 27.0. The molecule has 6 heteroatoms. The van der Waals surface area contributed by atoms with E-state index in [-0.39, 0.29) is 17.5 Å². The van der Waals surface area contributed by atoms with Crippen molar-refractivity contribution >= 4 is 27.5 Å². The van der Waals surface area contributed by atoms with E-state index in [1.165, 1.54) is 11.1 Å². The van der Waals surface area contributed by atoms with Crippen LogP contribution in [0.15, 0.2) is 21.5 Å². The molecule has 0 saturated carbocycles. The van der Waals surface area contributed by atoms with Crippen LogP contribution in [0.2, 0.25) is 0 Å². The molecule has 1 amide bonds. The zero-order valence-corrected chi connectivity index (χ0v) is 9.45. The zero-order valence-electron chi connectivity index (χ0n) is 7.87. The lowest BCUT2D eigenvalue weighted by molar-refractivity contribution is -0.117. The molecule has 0 aliphatic carbocycles. The summed E-state index contributed by atoms with van der Waals surface area (Å²) >= 11 is 3.24. The first-order valence-corrected chi connectivity index (χ1v) is 5.31. The second kappa shape index (κ2) is 3.79.